The lowest BCUT2D eigenvalue weighted by Gasteiger charge is -2.11. The molecule has 0 radical (unpaired) electrons. The van der Waals surface area contributed by atoms with Crippen LogP contribution in [0.1, 0.15) is 12.5 Å². The second-order valence-corrected chi connectivity index (χ2v) is 5.04. The number of fused-ring (bicyclic) bond motifs is 1. The first-order chi connectivity index (χ1) is 9.76. The van der Waals surface area contributed by atoms with Crippen LogP contribution in [0.25, 0.3) is 10.9 Å². The van der Waals surface area contributed by atoms with Crippen molar-refractivity contribution in [3.8, 4) is 0 Å². The average Bonchev–Trinajstić information content (AvgIpc) is 2.82. The van der Waals surface area contributed by atoms with Gasteiger partial charge >= 0.3 is 0 Å². The molecule has 20 heavy (non-hydrogen) atoms. The third kappa shape index (κ3) is 3.60. The molecule has 0 fully saturated rings. The fourth-order valence-electron chi connectivity index (χ4n) is 2.36. The summed E-state index contributed by atoms with van der Waals surface area (Å²) in [6.45, 7) is 5.42. The van der Waals surface area contributed by atoms with Gasteiger partial charge in [-0.05, 0) is 18.6 Å². The van der Waals surface area contributed by atoms with Crippen molar-refractivity contribution in [2.24, 2.45) is 0 Å². The molecule has 0 amide bonds. The molecule has 2 rings (SSSR count). The summed E-state index contributed by atoms with van der Waals surface area (Å²) in [6.07, 6.45) is 2.43. The Bertz CT molecular complexity index is 536. The van der Waals surface area contributed by atoms with Crippen molar-refractivity contribution < 1.29 is 9.47 Å². The highest BCUT2D eigenvalue weighted by Crippen LogP contribution is 2.21. The molecule has 0 spiro atoms. The Labute approximate surface area is 120 Å². The molecule has 2 aromatic rings. The fraction of sp³-hybridized carbons (Fsp3) is 0.500. The van der Waals surface area contributed by atoms with Gasteiger partial charge in [0, 0.05) is 51.0 Å². The van der Waals surface area contributed by atoms with E-state index in [9.17, 15) is 0 Å². The lowest BCUT2D eigenvalue weighted by Crippen LogP contribution is -2.18. The van der Waals surface area contributed by atoms with Crippen LogP contribution in [-0.4, -0.2) is 38.0 Å². The van der Waals surface area contributed by atoms with Crippen molar-refractivity contribution >= 4 is 10.9 Å². The first kappa shape index (κ1) is 15.0. The summed E-state index contributed by atoms with van der Waals surface area (Å²) in [4.78, 5) is 0. The summed E-state index contributed by atoms with van der Waals surface area (Å²) < 4.78 is 12.7. The zero-order valence-corrected chi connectivity index (χ0v) is 12.6. The topological polar surface area (TPSA) is 35.4 Å². The van der Waals surface area contributed by atoms with Gasteiger partial charge in [0.1, 0.15) is 0 Å². The van der Waals surface area contributed by atoms with E-state index in [1.165, 1.54) is 16.5 Å². The number of para-hydroxylation sites is 1. The average molecular weight is 276 g/mol. The van der Waals surface area contributed by atoms with Crippen molar-refractivity contribution in [3.63, 3.8) is 0 Å². The maximum atomic E-state index is 5.37. The van der Waals surface area contributed by atoms with Crippen molar-refractivity contribution in [1.82, 2.24) is 9.88 Å². The van der Waals surface area contributed by atoms with Gasteiger partial charge in [0.25, 0.3) is 0 Å². The van der Waals surface area contributed by atoms with Gasteiger partial charge in [-0.25, -0.2) is 0 Å². The summed E-state index contributed by atoms with van der Waals surface area (Å²) in [5, 5.41) is 4.71. The predicted molar refractivity (Wildman–Crippen MR) is 82.0 cm³/mol. The molecule has 4 heteroatoms. The van der Waals surface area contributed by atoms with Gasteiger partial charge in [-0.15, -0.1) is 0 Å². The second kappa shape index (κ2) is 7.43. The Hall–Kier alpha value is -1.36. The first-order valence-corrected chi connectivity index (χ1v) is 7.05. The highest BCUT2D eigenvalue weighted by Gasteiger charge is 2.09. The van der Waals surface area contributed by atoms with E-state index < -0.39 is 0 Å². The number of ether oxygens (including phenoxy) is 2. The minimum atomic E-state index is 0.208. The number of methoxy groups -OCH3 is 2. The van der Waals surface area contributed by atoms with E-state index in [4.69, 9.17) is 9.47 Å². The van der Waals surface area contributed by atoms with Crippen LogP contribution in [0.4, 0.5) is 0 Å². The summed E-state index contributed by atoms with van der Waals surface area (Å²) in [5.74, 6) is 0. The zero-order chi connectivity index (χ0) is 14.4. The normalized spacial score (nSPS) is 12.9. The first-order valence-electron chi connectivity index (χ1n) is 7.05. The van der Waals surface area contributed by atoms with Crippen LogP contribution in [0.2, 0.25) is 0 Å². The third-order valence-corrected chi connectivity index (χ3v) is 3.53. The van der Waals surface area contributed by atoms with Crippen LogP contribution < -0.4 is 5.32 Å². The molecule has 1 atom stereocenters. The van der Waals surface area contributed by atoms with Gasteiger partial charge in [0.15, 0.2) is 0 Å². The molecule has 0 aliphatic rings. The summed E-state index contributed by atoms with van der Waals surface area (Å²) >= 11 is 0. The monoisotopic (exact) mass is 276 g/mol. The van der Waals surface area contributed by atoms with Gasteiger partial charge in [0.05, 0.1) is 12.7 Å². The maximum absolute atomic E-state index is 5.37. The maximum Gasteiger partial charge on any atom is 0.0722 e. The second-order valence-electron chi connectivity index (χ2n) is 5.04. The van der Waals surface area contributed by atoms with Crippen LogP contribution >= 0.6 is 0 Å². The zero-order valence-electron chi connectivity index (χ0n) is 12.6. The van der Waals surface area contributed by atoms with E-state index in [0.717, 1.165) is 26.2 Å². The molecule has 1 N–H and O–H groups in total. The Kier molecular flexibility index (Phi) is 5.59. The predicted octanol–water partition coefficient (Wildman–Crippen LogP) is 2.41. The standard InChI is InChI=1S/C16H24N2O2/c1-13(20-3)11-18-12-14(10-17-8-9-19-2)15-6-4-5-7-16(15)18/h4-7,12-13,17H,8-11H2,1-3H3. The van der Waals surface area contributed by atoms with E-state index in [2.05, 4.69) is 47.3 Å². The summed E-state index contributed by atoms with van der Waals surface area (Å²) in [5.41, 5.74) is 2.58. The van der Waals surface area contributed by atoms with E-state index >= 15 is 0 Å². The van der Waals surface area contributed by atoms with Gasteiger partial charge in [0.2, 0.25) is 0 Å². The quantitative estimate of drug-likeness (QED) is 0.752. The number of benzene rings is 1. The molecule has 0 saturated heterocycles. The highest BCUT2D eigenvalue weighted by molar-refractivity contribution is 5.83. The van der Waals surface area contributed by atoms with Crippen LogP contribution in [0.15, 0.2) is 30.5 Å². The smallest absolute Gasteiger partial charge is 0.0722 e. The molecular weight excluding hydrogens is 252 g/mol. The molecule has 110 valence electrons. The Morgan fingerprint density at radius 2 is 2.05 bits per heavy atom. The van der Waals surface area contributed by atoms with Gasteiger partial charge in [-0.2, -0.15) is 0 Å². The van der Waals surface area contributed by atoms with Crippen LogP contribution in [-0.2, 0) is 22.6 Å². The number of hydrogen-bond donors (Lipinski definition) is 1. The molecule has 0 bridgehead atoms. The van der Waals surface area contributed by atoms with Crippen molar-refractivity contribution in [1.29, 1.82) is 0 Å². The van der Waals surface area contributed by atoms with Gasteiger partial charge in [-0.3, -0.25) is 0 Å². The number of nitrogens with zero attached hydrogens (tertiary/aromatic N) is 1. The van der Waals surface area contributed by atoms with Crippen LogP contribution in [0.3, 0.4) is 0 Å². The molecule has 4 nitrogen and oxygen atoms in total. The third-order valence-electron chi connectivity index (χ3n) is 3.53. The Balaban J connectivity index is 2.17. The van der Waals surface area contributed by atoms with Gasteiger partial charge in [-0.1, -0.05) is 18.2 Å². The van der Waals surface area contributed by atoms with E-state index in [-0.39, 0.29) is 6.10 Å². The number of nitrogens with one attached hydrogen (secondary N) is 1. The van der Waals surface area contributed by atoms with Crippen molar-refractivity contribution in [2.45, 2.75) is 26.1 Å². The SMILES string of the molecule is COCCNCc1cn(CC(C)OC)c2ccccc12. The van der Waals surface area contributed by atoms with Gasteiger partial charge < -0.3 is 19.4 Å². The molecule has 0 saturated carbocycles. The molecule has 1 aromatic carbocycles. The Morgan fingerprint density at radius 1 is 1.25 bits per heavy atom. The molecule has 1 heterocycles. The minimum Gasteiger partial charge on any atom is -0.383 e. The lowest BCUT2D eigenvalue weighted by atomic mass is 10.2. The fourth-order valence-corrected chi connectivity index (χ4v) is 2.36. The van der Waals surface area contributed by atoms with Crippen molar-refractivity contribution in [2.75, 3.05) is 27.4 Å². The molecule has 1 unspecified atom stereocenters. The largest absolute Gasteiger partial charge is 0.383 e. The number of aromatic nitrogens is 1. The van der Waals surface area contributed by atoms with E-state index in [1.54, 1.807) is 14.2 Å². The lowest BCUT2D eigenvalue weighted by molar-refractivity contribution is 0.104. The summed E-state index contributed by atoms with van der Waals surface area (Å²) in [7, 11) is 3.48. The highest BCUT2D eigenvalue weighted by atomic mass is 16.5. The van der Waals surface area contributed by atoms with Crippen molar-refractivity contribution in [3.05, 3.63) is 36.0 Å². The van der Waals surface area contributed by atoms with E-state index in [0.29, 0.717) is 0 Å². The summed E-state index contributed by atoms with van der Waals surface area (Å²) in [6, 6.07) is 8.51. The van der Waals surface area contributed by atoms with Crippen LogP contribution in [0.5, 0.6) is 0 Å². The number of rotatable bonds is 8. The molecular formula is C16H24N2O2. The molecule has 0 aliphatic heterocycles. The molecule has 0 aliphatic carbocycles. The minimum absolute atomic E-state index is 0.208. The Morgan fingerprint density at radius 3 is 2.80 bits per heavy atom. The van der Waals surface area contributed by atoms with Crippen LogP contribution in [0, 0.1) is 0 Å². The van der Waals surface area contributed by atoms with E-state index in [1.807, 2.05) is 0 Å². The number of hydrogen-bond acceptors (Lipinski definition) is 3. The molecule has 1 aromatic heterocycles.